The summed E-state index contributed by atoms with van der Waals surface area (Å²) in [4.78, 5) is 22.7. The fraction of sp³-hybridized carbons (Fsp3) is 0.500. The lowest BCUT2D eigenvalue weighted by Crippen LogP contribution is -2.37. The molecule has 1 saturated heterocycles. The third-order valence-corrected chi connectivity index (χ3v) is 3.95. The van der Waals surface area contributed by atoms with E-state index in [1.165, 1.54) is 7.11 Å². The van der Waals surface area contributed by atoms with Crippen molar-refractivity contribution in [1.82, 2.24) is 14.5 Å². The van der Waals surface area contributed by atoms with E-state index in [1.807, 2.05) is 23.9 Å². The van der Waals surface area contributed by atoms with Crippen molar-refractivity contribution in [2.75, 3.05) is 25.1 Å². The number of rotatable bonds is 2. The number of aromatic nitrogens is 3. The Morgan fingerprint density at radius 2 is 2.10 bits per heavy atom. The fourth-order valence-corrected chi connectivity index (χ4v) is 2.77. The molecule has 0 amide bonds. The van der Waals surface area contributed by atoms with Crippen molar-refractivity contribution in [2.45, 2.75) is 12.8 Å². The maximum Gasteiger partial charge on any atom is 0.308 e. The molecular weight excluding hydrogens is 256 g/mol. The van der Waals surface area contributed by atoms with Crippen LogP contribution >= 0.6 is 0 Å². The van der Waals surface area contributed by atoms with Crippen LogP contribution in [0.15, 0.2) is 18.6 Å². The van der Waals surface area contributed by atoms with Gasteiger partial charge in [-0.3, -0.25) is 4.79 Å². The smallest absolute Gasteiger partial charge is 0.308 e. The summed E-state index contributed by atoms with van der Waals surface area (Å²) in [6, 6.07) is 1.97. The summed E-state index contributed by atoms with van der Waals surface area (Å²) in [6.07, 6.45) is 5.22. The molecule has 0 aromatic carbocycles. The fourth-order valence-electron chi connectivity index (χ4n) is 2.77. The lowest BCUT2D eigenvalue weighted by Gasteiger charge is -2.31. The normalized spacial score (nSPS) is 16.6. The quantitative estimate of drug-likeness (QED) is 0.774. The predicted molar refractivity (Wildman–Crippen MR) is 75.5 cm³/mol. The average molecular weight is 274 g/mol. The molecule has 0 saturated carbocycles. The van der Waals surface area contributed by atoms with Gasteiger partial charge in [0.05, 0.1) is 24.9 Å². The zero-order valence-electron chi connectivity index (χ0n) is 11.7. The van der Waals surface area contributed by atoms with Crippen molar-refractivity contribution < 1.29 is 9.53 Å². The predicted octanol–water partition coefficient (Wildman–Crippen LogP) is 1.36. The molecule has 1 aliphatic heterocycles. The molecule has 3 heterocycles. The summed E-state index contributed by atoms with van der Waals surface area (Å²) in [5, 5.41) is 0. The van der Waals surface area contributed by atoms with Crippen molar-refractivity contribution in [1.29, 1.82) is 0 Å². The number of esters is 1. The maximum atomic E-state index is 11.6. The molecule has 0 radical (unpaired) electrons. The van der Waals surface area contributed by atoms with Crippen LogP contribution in [0, 0.1) is 5.92 Å². The van der Waals surface area contributed by atoms with Crippen LogP contribution in [0.4, 0.5) is 5.82 Å². The third-order valence-electron chi connectivity index (χ3n) is 3.95. The monoisotopic (exact) mass is 274 g/mol. The Labute approximate surface area is 117 Å². The molecule has 0 N–H and O–H groups in total. The van der Waals surface area contributed by atoms with Gasteiger partial charge in [0.1, 0.15) is 5.52 Å². The molecule has 106 valence electrons. The molecular formula is C14H18N4O2. The van der Waals surface area contributed by atoms with Crippen LogP contribution in [-0.2, 0) is 16.6 Å². The molecule has 0 aliphatic carbocycles. The minimum atomic E-state index is -0.103. The summed E-state index contributed by atoms with van der Waals surface area (Å²) in [5.74, 6) is 0.819. The van der Waals surface area contributed by atoms with Gasteiger partial charge in [-0.25, -0.2) is 9.97 Å². The van der Waals surface area contributed by atoms with Crippen LogP contribution in [0.1, 0.15) is 12.8 Å². The summed E-state index contributed by atoms with van der Waals surface area (Å²) in [6.45, 7) is 1.62. The number of carbonyl (C=O) groups excluding carboxylic acids is 1. The number of piperidine rings is 1. The molecule has 2 aromatic heterocycles. The van der Waals surface area contributed by atoms with E-state index in [0.29, 0.717) is 0 Å². The lowest BCUT2D eigenvalue weighted by molar-refractivity contribution is -0.146. The Bertz CT molecular complexity index is 629. The molecule has 0 atom stereocenters. The van der Waals surface area contributed by atoms with E-state index in [0.717, 1.165) is 42.8 Å². The number of pyridine rings is 1. The molecule has 0 spiro atoms. The van der Waals surface area contributed by atoms with Crippen molar-refractivity contribution >= 4 is 22.8 Å². The first-order valence-electron chi connectivity index (χ1n) is 6.79. The Hall–Kier alpha value is -2.11. The van der Waals surface area contributed by atoms with Crippen molar-refractivity contribution in [3.05, 3.63) is 18.6 Å². The summed E-state index contributed by atoms with van der Waals surface area (Å²) < 4.78 is 6.80. The number of ether oxygens (including phenoxy) is 1. The highest BCUT2D eigenvalue weighted by Gasteiger charge is 2.27. The first-order chi connectivity index (χ1) is 9.70. The van der Waals surface area contributed by atoms with E-state index in [2.05, 4.69) is 14.9 Å². The first kappa shape index (κ1) is 12.9. The number of imidazole rings is 1. The Morgan fingerprint density at radius 1 is 1.35 bits per heavy atom. The molecule has 0 unspecified atom stereocenters. The number of fused-ring (bicyclic) bond motifs is 1. The average Bonchev–Trinajstić information content (AvgIpc) is 2.88. The number of anilines is 1. The molecule has 6 nitrogen and oxygen atoms in total. The van der Waals surface area contributed by atoms with E-state index in [9.17, 15) is 4.79 Å². The van der Waals surface area contributed by atoms with Gasteiger partial charge in [0, 0.05) is 26.3 Å². The van der Waals surface area contributed by atoms with Gasteiger partial charge >= 0.3 is 5.97 Å². The number of hydrogen-bond donors (Lipinski definition) is 0. The minimum Gasteiger partial charge on any atom is -0.469 e. The second kappa shape index (κ2) is 5.11. The SMILES string of the molecule is COC(=O)C1CCN(c2nccc3c2ncn3C)CC1. The van der Waals surface area contributed by atoms with Gasteiger partial charge in [0.25, 0.3) is 0 Å². The number of nitrogens with zero attached hydrogens (tertiary/aromatic N) is 4. The van der Waals surface area contributed by atoms with E-state index in [1.54, 1.807) is 6.33 Å². The van der Waals surface area contributed by atoms with Gasteiger partial charge in [0.15, 0.2) is 5.82 Å². The van der Waals surface area contributed by atoms with Crippen LogP contribution in [0.5, 0.6) is 0 Å². The van der Waals surface area contributed by atoms with E-state index >= 15 is 0 Å². The summed E-state index contributed by atoms with van der Waals surface area (Å²) in [7, 11) is 3.42. The minimum absolute atomic E-state index is 0.0131. The zero-order valence-corrected chi connectivity index (χ0v) is 11.7. The lowest BCUT2D eigenvalue weighted by atomic mass is 9.97. The second-order valence-electron chi connectivity index (χ2n) is 5.14. The first-order valence-corrected chi connectivity index (χ1v) is 6.79. The van der Waals surface area contributed by atoms with Gasteiger partial charge < -0.3 is 14.2 Å². The standard InChI is InChI=1S/C14H18N4O2/c1-17-9-16-12-11(17)3-6-15-13(12)18-7-4-10(5-8-18)14(19)20-2/h3,6,9-10H,4-5,7-8H2,1-2H3. The van der Waals surface area contributed by atoms with Crippen LogP contribution in [0.25, 0.3) is 11.0 Å². The van der Waals surface area contributed by atoms with Crippen LogP contribution in [0.3, 0.4) is 0 Å². The maximum absolute atomic E-state index is 11.6. The van der Waals surface area contributed by atoms with Gasteiger partial charge in [-0.15, -0.1) is 0 Å². The third kappa shape index (κ3) is 2.11. The second-order valence-corrected chi connectivity index (χ2v) is 5.14. The topological polar surface area (TPSA) is 60.2 Å². The van der Waals surface area contributed by atoms with Gasteiger partial charge in [0.2, 0.25) is 0 Å². The summed E-state index contributed by atoms with van der Waals surface area (Å²) in [5.41, 5.74) is 2.00. The highest BCUT2D eigenvalue weighted by Crippen LogP contribution is 2.27. The van der Waals surface area contributed by atoms with Crippen molar-refractivity contribution in [2.24, 2.45) is 13.0 Å². The molecule has 2 aromatic rings. The Kier molecular flexibility index (Phi) is 3.30. The van der Waals surface area contributed by atoms with Gasteiger partial charge in [-0.1, -0.05) is 0 Å². The van der Waals surface area contributed by atoms with Gasteiger partial charge in [-0.05, 0) is 18.9 Å². The van der Waals surface area contributed by atoms with Gasteiger partial charge in [-0.2, -0.15) is 0 Å². The van der Waals surface area contributed by atoms with E-state index in [4.69, 9.17) is 4.74 Å². The van der Waals surface area contributed by atoms with Crippen molar-refractivity contribution in [3.63, 3.8) is 0 Å². The Balaban J connectivity index is 1.82. The highest BCUT2D eigenvalue weighted by atomic mass is 16.5. The number of aryl methyl sites for hydroxylation is 1. The van der Waals surface area contributed by atoms with Crippen LogP contribution in [-0.4, -0.2) is 40.7 Å². The van der Waals surface area contributed by atoms with E-state index in [-0.39, 0.29) is 11.9 Å². The molecule has 3 rings (SSSR count). The summed E-state index contributed by atoms with van der Waals surface area (Å²) >= 11 is 0. The number of methoxy groups -OCH3 is 1. The molecule has 6 heteroatoms. The highest BCUT2D eigenvalue weighted by molar-refractivity contribution is 5.86. The zero-order chi connectivity index (χ0) is 14.1. The molecule has 0 bridgehead atoms. The largest absolute Gasteiger partial charge is 0.469 e. The number of hydrogen-bond acceptors (Lipinski definition) is 5. The van der Waals surface area contributed by atoms with Crippen LogP contribution in [0.2, 0.25) is 0 Å². The molecule has 1 fully saturated rings. The van der Waals surface area contributed by atoms with Crippen LogP contribution < -0.4 is 4.90 Å². The molecule has 20 heavy (non-hydrogen) atoms. The van der Waals surface area contributed by atoms with Crippen molar-refractivity contribution in [3.8, 4) is 0 Å². The number of carbonyl (C=O) groups is 1. The molecule has 1 aliphatic rings. The van der Waals surface area contributed by atoms with E-state index < -0.39 is 0 Å². The Morgan fingerprint density at radius 3 is 2.80 bits per heavy atom.